The van der Waals surface area contributed by atoms with Crippen LogP contribution in [0.5, 0.6) is 11.5 Å². The minimum Gasteiger partial charge on any atom is -0.493 e. The molecule has 216 valence electrons. The number of amides is 4. The number of hydrogen-bond donors (Lipinski definition) is 2. The molecule has 6 aliphatic rings. The molecular weight excluding hydrogens is 516 g/mol. The van der Waals surface area contributed by atoms with E-state index in [-0.39, 0.29) is 35.8 Å². The predicted octanol–water partition coefficient (Wildman–Crippen LogP) is 1.49. The van der Waals surface area contributed by atoms with Gasteiger partial charge >= 0.3 is 0 Å². The quantitative estimate of drug-likeness (QED) is 0.535. The Morgan fingerprint density at radius 3 is 2.52 bits per heavy atom. The van der Waals surface area contributed by atoms with Crippen LogP contribution in [0.15, 0.2) is 12.1 Å². The Hall–Kier alpha value is -3.02. The van der Waals surface area contributed by atoms with E-state index in [1.165, 1.54) is 12.8 Å². The summed E-state index contributed by atoms with van der Waals surface area (Å²) in [6, 6.07) is 2.69. The molecule has 7 rings (SSSR count). The lowest BCUT2D eigenvalue weighted by Gasteiger charge is -2.44. The van der Waals surface area contributed by atoms with E-state index in [1.54, 1.807) is 12.1 Å². The second-order valence-corrected chi connectivity index (χ2v) is 11.5. The van der Waals surface area contributed by atoms with Crippen LogP contribution < -0.4 is 20.1 Å². The fourth-order valence-electron chi connectivity index (χ4n) is 6.43. The lowest BCUT2D eigenvalue weighted by molar-refractivity contribution is -0.136. The zero-order valence-corrected chi connectivity index (χ0v) is 22.8. The Balaban J connectivity index is 1.21. The number of benzene rings is 1. The molecule has 0 spiro atoms. The molecule has 1 unspecified atom stereocenters. The summed E-state index contributed by atoms with van der Waals surface area (Å²) in [7, 11) is 0. The first-order chi connectivity index (χ1) is 19.5. The normalized spacial score (nSPS) is 28.8. The van der Waals surface area contributed by atoms with E-state index < -0.39 is 29.7 Å². The van der Waals surface area contributed by atoms with Gasteiger partial charge in [-0.25, -0.2) is 0 Å². The van der Waals surface area contributed by atoms with Gasteiger partial charge in [0, 0.05) is 51.1 Å². The average Bonchev–Trinajstić information content (AvgIpc) is 3.16. The van der Waals surface area contributed by atoms with Crippen molar-refractivity contribution in [2.75, 3.05) is 46.0 Å². The standard InChI is InChI=1S/C29H38N4O7/c34-25-4-3-23(27(35)31-25)33-28(36)22-15-21-16-24(26(22)29(33)37)39-11-2-1-10-38-12-9-32(19-13-20(14-19)40-21)17-18-5-7-30-8-6-18/h15-16,18-20,23,30H,1-14,17H2,(H,31,34,35)/t19-,20-,23?. The summed E-state index contributed by atoms with van der Waals surface area (Å²) in [4.78, 5) is 54.6. The number of carbonyl (C=O) groups is 4. The van der Waals surface area contributed by atoms with Crippen molar-refractivity contribution in [3.8, 4) is 11.5 Å². The van der Waals surface area contributed by atoms with Crippen molar-refractivity contribution in [1.29, 1.82) is 0 Å². The maximum absolute atomic E-state index is 13.5. The van der Waals surface area contributed by atoms with E-state index in [1.807, 2.05) is 0 Å². The molecule has 1 atom stereocenters. The third kappa shape index (κ3) is 5.59. The Morgan fingerprint density at radius 2 is 1.73 bits per heavy atom. The van der Waals surface area contributed by atoms with E-state index >= 15 is 0 Å². The van der Waals surface area contributed by atoms with Gasteiger partial charge in [-0.1, -0.05) is 0 Å². The van der Waals surface area contributed by atoms with Crippen molar-refractivity contribution in [1.82, 2.24) is 20.4 Å². The molecule has 3 fully saturated rings. The van der Waals surface area contributed by atoms with Crippen LogP contribution in [-0.4, -0.2) is 97.6 Å². The molecular formula is C29H38N4O7. The minimum absolute atomic E-state index is 0.00121. The van der Waals surface area contributed by atoms with Crippen LogP contribution in [0.2, 0.25) is 0 Å². The number of nitrogens with one attached hydrogen (secondary N) is 2. The number of ether oxygens (including phenoxy) is 3. The fourth-order valence-corrected chi connectivity index (χ4v) is 6.43. The number of piperidine rings is 2. The maximum Gasteiger partial charge on any atom is 0.266 e. The highest BCUT2D eigenvalue weighted by atomic mass is 16.5. The third-order valence-electron chi connectivity index (χ3n) is 8.78. The molecule has 1 saturated carbocycles. The molecule has 5 aliphatic heterocycles. The number of carbonyl (C=O) groups excluding carboxylic acids is 4. The Bertz CT molecular complexity index is 1160. The van der Waals surface area contributed by atoms with Crippen LogP contribution >= 0.6 is 0 Å². The highest BCUT2D eigenvalue weighted by Crippen LogP contribution is 2.39. The Kier molecular flexibility index (Phi) is 8.04. The summed E-state index contributed by atoms with van der Waals surface area (Å²) in [5, 5.41) is 5.69. The Labute approximate surface area is 233 Å². The fraction of sp³-hybridized carbons (Fsp3) is 0.655. The van der Waals surface area contributed by atoms with Gasteiger partial charge in [0.05, 0.1) is 24.3 Å². The van der Waals surface area contributed by atoms with Gasteiger partial charge in [-0.05, 0) is 57.2 Å². The monoisotopic (exact) mass is 554 g/mol. The average molecular weight is 555 g/mol. The van der Waals surface area contributed by atoms with Crippen molar-refractivity contribution in [3.63, 3.8) is 0 Å². The van der Waals surface area contributed by atoms with E-state index in [4.69, 9.17) is 14.2 Å². The van der Waals surface area contributed by atoms with Crippen molar-refractivity contribution < 1.29 is 33.4 Å². The first-order valence-corrected chi connectivity index (χ1v) is 14.7. The van der Waals surface area contributed by atoms with Gasteiger partial charge in [0.25, 0.3) is 11.8 Å². The van der Waals surface area contributed by atoms with E-state index in [0.29, 0.717) is 37.5 Å². The van der Waals surface area contributed by atoms with Crippen molar-refractivity contribution >= 4 is 23.6 Å². The molecule has 2 saturated heterocycles. The van der Waals surface area contributed by atoms with E-state index in [2.05, 4.69) is 15.5 Å². The number of nitrogens with zero attached hydrogens (tertiary/aromatic N) is 2. The molecule has 1 aliphatic carbocycles. The van der Waals surface area contributed by atoms with Gasteiger partial charge in [-0.2, -0.15) is 0 Å². The topological polar surface area (TPSA) is 127 Å². The van der Waals surface area contributed by atoms with Crippen molar-refractivity contribution in [2.24, 2.45) is 5.92 Å². The number of imide groups is 2. The molecule has 2 N–H and O–H groups in total. The molecule has 0 aromatic heterocycles. The first kappa shape index (κ1) is 27.2. The summed E-state index contributed by atoms with van der Waals surface area (Å²) in [5.41, 5.74) is 0.328. The molecule has 0 radical (unpaired) electrons. The molecule has 40 heavy (non-hydrogen) atoms. The molecule has 4 amide bonds. The molecule has 1 aromatic carbocycles. The van der Waals surface area contributed by atoms with Crippen LogP contribution in [0.25, 0.3) is 0 Å². The molecule has 1 aromatic rings. The van der Waals surface area contributed by atoms with E-state index in [0.717, 1.165) is 56.8 Å². The van der Waals surface area contributed by atoms with Crippen LogP contribution in [0.1, 0.15) is 72.1 Å². The lowest BCUT2D eigenvalue weighted by Crippen LogP contribution is -2.54. The number of hydrogen-bond acceptors (Lipinski definition) is 9. The Morgan fingerprint density at radius 1 is 0.925 bits per heavy atom. The highest BCUT2D eigenvalue weighted by Gasteiger charge is 2.47. The molecule has 5 heterocycles. The zero-order valence-electron chi connectivity index (χ0n) is 22.8. The van der Waals surface area contributed by atoms with Gasteiger partial charge in [0.15, 0.2) is 0 Å². The lowest BCUT2D eigenvalue weighted by atomic mass is 9.86. The summed E-state index contributed by atoms with van der Waals surface area (Å²) < 4.78 is 18.3. The SMILES string of the molecule is O=C1CCC(N2C(=O)c3cc4cc(c3C2=O)OCCCCOCCN(CC2CCNCC2)[C@H]2C[C@@H](C2)O4)C(=O)N1. The first-order valence-electron chi connectivity index (χ1n) is 14.7. The van der Waals surface area contributed by atoms with Gasteiger partial charge in [0.2, 0.25) is 11.8 Å². The van der Waals surface area contributed by atoms with Gasteiger partial charge < -0.3 is 19.5 Å². The largest absolute Gasteiger partial charge is 0.493 e. The summed E-state index contributed by atoms with van der Waals surface area (Å²) in [6.45, 7) is 5.84. The van der Waals surface area contributed by atoms with Crippen LogP contribution in [0.4, 0.5) is 0 Å². The predicted molar refractivity (Wildman–Crippen MR) is 143 cm³/mol. The number of fused-ring (bicyclic) bond motifs is 9. The van der Waals surface area contributed by atoms with Crippen LogP contribution in [0.3, 0.4) is 0 Å². The second kappa shape index (κ2) is 11.8. The zero-order chi connectivity index (χ0) is 27.6. The van der Waals surface area contributed by atoms with E-state index in [9.17, 15) is 19.2 Å². The minimum atomic E-state index is -1.03. The smallest absolute Gasteiger partial charge is 0.266 e. The molecule has 4 bridgehead atoms. The van der Waals surface area contributed by atoms with Gasteiger partial charge in [-0.15, -0.1) is 0 Å². The second-order valence-electron chi connectivity index (χ2n) is 11.5. The van der Waals surface area contributed by atoms with Crippen molar-refractivity contribution in [2.45, 2.75) is 69.6 Å². The number of rotatable bonds is 3. The summed E-state index contributed by atoms with van der Waals surface area (Å²) in [6.07, 6.45) is 5.87. The van der Waals surface area contributed by atoms with Crippen LogP contribution in [0, 0.1) is 5.92 Å². The maximum atomic E-state index is 13.5. The summed E-state index contributed by atoms with van der Waals surface area (Å²) >= 11 is 0. The van der Waals surface area contributed by atoms with Crippen LogP contribution in [-0.2, 0) is 14.3 Å². The van der Waals surface area contributed by atoms with Gasteiger partial charge in [-0.3, -0.25) is 34.3 Å². The molecule has 11 nitrogen and oxygen atoms in total. The van der Waals surface area contributed by atoms with Crippen molar-refractivity contribution in [3.05, 3.63) is 23.3 Å². The summed E-state index contributed by atoms with van der Waals surface area (Å²) in [5.74, 6) is -0.707. The third-order valence-corrected chi connectivity index (χ3v) is 8.78. The molecule has 11 heteroatoms. The highest BCUT2D eigenvalue weighted by molar-refractivity contribution is 6.24. The van der Waals surface area contributed by atoms with Gasteiger partial charge in [0.1, 0.15) is 23.6 Å².